The van der Waals surface area contributed by atoms with E-state index in [0.29, 0.717) is 19.6 Å². The molecule has 0 aliphatic rings. The van der Waals surface area contributed by atoms with Crippen LogP contribution in [0.2, 0.25) is 0 Å². The molecule has 3 nitrogen and oxygen atoms in total. The van der Waals surface area contributed by atoms with Gasteiger partial charge in [0.15, 0.2) is 0 Å². The van der Waals surface area contributed by atoms with E-state index in [-0.39, 0.29) is 5.91 Å². The second-order valence-electron chi connectivity index (χ2n) is 4.97. The third kappa shape index (κ3) is 4.43. The zero-order valence-electron chi connectivity index (χ0n) is 12.4. The average Bonchev–Trinajstić information content (AvgIpc) is 2.37. The fraction of sp³-hybridized carbons (Fsp3) is 0.438. The molecule has 0 aliphatic carbocycles. The van der Waals surface area contributed by atoms with Crippen molar-refractivity contribution < 1.29 is 4.79 Å². The summed E-state index contributed by atoms with van der Waals surface area (Å²) in [4.78, 5) is 13.9. The zero-order valence-corrected chi connectivity index (χ0v) is 12.4. The van der Waals surface area contributed by atoms with E-state index in [4.69, 9.17) is 0 Å². The minimum Gasteiger partial charge on any atom is -0.376 e. The van der Waals surface area contributed by atoms with Gasteiger partial charge in [0.2, 0.25) is 5.91 Å². The lowest BCUT2D eigenvalue weighted by Crippen LogP contribution is -2.36. The first-order valence-corrected chi connectivity index (χ1v) is 6.68. The number of likely N-dealkylation sites (N-methyl/N-ethyl adjacent to an activating group) is 1. The van der Waals surface area contributed by atoms with Crippen LogP contribution in [0.5, 0.6) is 0 Å². The van der Waals surface area contributed by atoms with Crippen LogP contribution in [0.1, 0.15) is 25.0 Å². The van der Waals surface area contributed by atoms with Crippen molar-refractivity contribution in [3.63, 3.8) is 0 Å². The zero-order chi connectivity index (χ0) is 14.4. The van der Waals surface area contributed by atoms with Crippen LogP contribution < -0.4 is 5.32 Å². The van der Waals surface area contributed by atoms with E-state index in [1.807, 2.05) is 26.0 Å². The molecule has 1 aromatic rings. The Balaban J connectivity index is 2.62. The Morgan fingerprint density at radius 1 is 1.37 bits per heavy atom. The molecule has 1 rings (SSSR count). The van der Waals surface area contributed by atoms with E-state index in [1.54, 1.807) is 4.90 Å². The number of aryl methyl sites for hydroxylation is 1. The Morgan fingerprint density at radius 2 is 2.05 bits per heavy atom. The van der Waals surface area contributed by atoms with E-state index in [0.717, 1.165) is 11.3 Å². The topological polar surface area (TPSA) is 32.3 Å². The molecule has 0 spiro atoms. The van der Waals surface area contributed by atoms with Crippen molar-refractivity contribution in [2.45, 2.75) is 27.7 Å². The molecule has 0 aromatic heterocycles. The molecule has 1 N–H and O–H groups in total. The third-order valence-electron chi connectivity index (χ3n) is 3.23. The number of rotatable bonds is 6. The second kappa shape index (κ2) is 6.98. The van der Waals surface area contributed by atoms with Crippen molar-refractivity contribution in [2.24, 2.45) is 0 Å². The SMILES string of the molecule is C=C(C)CN(CC)C(=O)CNc1cccc(C)c1C. The first-order chi connectivity index (χ1) is 8.95. The molecule has 104 valence electrons. The van der Waals surface area contributed by atoms with Gasteiger partial charge >= 0.3 is 0 Å². The van der Waals surface area contributed by atoms with Gasteiger partial charge in [-0.05, 0) is 44.9 Å². The van der Waals surface area contributed by atoms with Crippen LogP contribution in [0.3, 0.4) is 0 Å². The molecule has 1 aromatic carbocycles. The number of carbonyl (C=O) groups is 1. The monoisotopic (exact) mass is 260 g/mol. The predicted molar refractivity (Wildman–Crippen MR) is 81.5 cm³/mol. The fourth-order valence-corrected chi connectivity index (χ4v) is 1.93. The molecule has 0 radical (unpaired) electrons. The summed E-state index contributed by atoms with van der Waals surface area (Å²) in [5, 5.41) is 3.22. The highest BCUT2D eigenvalue weighted by atomic mass is 16.2. The smallest absolute Gasteiger partial charge is 0.242 e. The summed E-state index contributed by atoms with van der Waals surface area (Å²) in [6, 6.07) is 6.08. The fourth-order valence-electron chi connectivity index (χ4n) is 1.93. The van der Waals surface area contributed by atoms with Gasteiger partial charge in [-0.2, -0.15) is 0 Å². The first kappa shape index (κ1) is 15.3. The Bertz CT molecular complexity index is 466. The Kier molecular flexibility index (Phi) is 5.61. The van der Waals surface area contributed by atoms with Gasteiger partial charge in [-0.3, -0.25) is 4.79 Å². The maximum Gasteiger partial charge on any atom is 0.242 e. The summed E-state index contributed by atoms with van der Waals surface area (Å²) in [7, 11) is 0. The standard InChI is InChI=1S/C16H24N2O/c1-6-18(11-12(2)3)16(19)10-17-15-9-7-8-13(4)14(15)5/h7-9,17H,2,6,10-11H2,1,3-5H3. The van der Waals surface area contributed by atoms with Crippen molar-refractivity contribution >= 4 is 11.6 Å². The third-order valence-corrected chi connectivity index (χ3v) is 3.23. The molecule has 0 bridgehead atoms. The number of nitrogens with one attached hydrogen (secondary N) is 1. The minimum absolute atomic E-state index is 0.103. The van der Waals surface area contributed by atoms with Crippen LogP contribution in [0.4, 0.5) is 5.69 Å². The van der Waals surface area contributed by atoms with Gasteiger partial charge in [-0.15, -0.1) is 0 Å². The number of nitrogens with zero attached hydrogens (tertiary/aromatic N) is 1. The van der Waals surface area contributed by atoms with Crippen LogP contribution in [0, 0.1) is 13.8 Å². The largest absolute Gasteiger partial charge is 0.376 e. The maximum absolute atomic E-state index is 12.1. The lowest BCUT2D eigenvalue weighted by atomic mass is 10.1. The molecule has 0 saturated carbocycles. The molecule has 3 heteroatoms. The summed E-state index contributed by atoms with van der Waals surface area (Å²) in [6.07, 6.45) is 0. The minimum atomic E-state index is 0.103. The highest BCUT2D eigenvalue weighted by Crippen LogP contribution is 2.17. The number of benzene rings is 1. The molecular weight excluding hydrogens is 236 g/mol. The quantitative estimate of drug-likeness (QED) is 0.797. The first-order valence-electron chi connectivity index (χ1n) is 6.68. The Morgan fingerprint density at radius 3 is 2.63 bits per heavy atom. The van der Waals surface area contributed by atoms with Crippen LogP contribution >= 0.6 is 0 Å². The Labute approximate surface area is 116 Å². The lowest BCUT2D eigenvalue weighted by molar-refractivity contribution is -0.128. The molecule has 0 heterocycles. The lowest BCUT2D eigenvalue weighted by Gasteiger charge is -2.22. The van der Waals surface area contributed by atoms with E-state index in [2.05, 4.69) is 31.8 Å². The van der Waals surface area contributed by atoms with Gasteiger partial charge in [0, 0.05) is 18.8 Å². The number of carbonyl (C=O) groups excluding carboxylic acids is 1. The van der Waals surface area contributed by atoms with E-state index < -0.39 is 0 Å². The summed E-state index contributed by atoms with van der Waals surface area (Å²) < 4.78 is 0. The second-order valence-corrected chi connectivity index (χ2v) is 4.97. The Hall–Kier alpha value is -1.77. The summed E-state index contributed by atoms with van der Waals surface area (Å²) >= 11 is 0. The average molecular weight is 260 g/mol. The van der Waals surface area contributed by atoms with Crippen molar-refractivity contribution in [3.05, 3.63) is 41.5 Å². The van der Waals surface area contributed by atoms with Crippen molar-refractivity contribution in [1.29, 1.82) is 0 Å². The highest BCUT2D eigenvalue weighted by molar-refractivity contribution is 5.81. The van der Waals surface area contributed by atoms with Crippen LogP contribution in [-0.2, 0) is 4.79 Å². The summed E-state index contributed by atoms with van der Waals surface area (Å²) in [6.45, 7) is 13.6. The molecule has 19 heavy (non-hydrogen) atoms. The number of hydrogen-bond acceptors (Lipinski definition) is 2. The molecule has 0 aliphatic heterocycles. The predicted octanol–water partition coefficient (Wildman–Crippen LogP) is 3.14. The summed E-state index contributed by atoms with van der Waals surface area (Å²) in [5.74, 6) is 0.103. The molecule has 0 saturated heterocycles. The van der Waals surface area contributed by atoms with Gasteiger partial charge in [0.25, 0.3) is 0 Å². The van der Waals surface area contributed by atoms with Crippen molar-refractivity contribution in [2.75, 3.05) is 25.0 Å². The van der Waals surface area contributed by atoms with Crippen LogP contribution in [-0.4, -0.2) is 30.4 Å². The molecule has 0 atom stereocenters. The molecule has 1 amide bonds. The van der Waals surface area contributed by atoms with E-state index in [1.165, 1.54) is 11.1 Å². The number of amides is 1. The number of hydrogen-bond donors (Lipinski definition) is 1. The molecule has 0 unspecified atom stereocenters. The maximum atomic E-state index is 12.1. The van der Waals surface area contributed by atoms with E-state index >= 15 is 0 Å². The van der Waals surface area contributed by atoms with Gasteiger partial charge in [0.1, 0.15) is 0 Å². The van der Waals surface area contributed by atoms with Crippen LogP contribution in [0.15, 0.2) is 30.4 Å². The molecule has 0 fully saturated rings. The van der Waals surface area contributed by atoms with Crippen molar-refractivity contribution in [3.8, 4) is 0 Å². The highest BCUT2D eigenvalue weighted by Gasteiger charge is 2.11. The van der Waals surface area contributed by atoms with Crippen LogP contribution in [0.25, 0.3) is 0 Å². The van der Waals surface area contributed by atoms with Gasteiger partial charge in [-0.25, -0.2) is 0 Å². The van der Waals surface area contributed by atoms with Gasteiger partial charge in [0.05, 0.1) is 6.54 Å². The summed E-state index contributed by atoms with van der Waals surface area (Å²) in [5.41, 5.74) is 4.45. The molecular formula is C16H24N2O. The van der Waals surface area contributed by atoms with Crippen molar-refractivity contribution in [1.82, 2.24) is 4.90 Å². The number of anilines is 1. The van der Waals surface area contributed by atoms with Gasteiger partial charge in [-0.1, -0.05) is 24.3 Å². The normalized spacial score (nSPS) is 10.1. The van der Waals surface area contributed by atoms with Gasteiger partial charge < -0.3 is 10.2 Å². The van der Waals surface area contributed by atoms with E-state index in [9.17, 15) is 4.79 Å².